The summed E-state index contributed by atoms with van der Waals surface area (Å²) in [5.74, 6) is 0.552. The molecule has 1 fully saturated rings. The maximum Gasteiger partial charge on any atom is 0.221 e. The van der Waals surface area contributed by atoms with Gasteiger partial charge >= 0.3 is 0 Å². The van der Waals surface area contributed by atoms with Crippen LogP contribution in [-0.2, 0) is 14.6 Å². The van der Waals surface area contributed by atoms with Crippen LogP contribution >= 0.6 is 0 Å². The second-order valence-corrected chi connectivity index (χ2v) is 8.23. The van der Waals surface area contributed by atoms with E-state index in [1.165, 1.54) is 0 Å². The molecule has 0 aliphatic carbocycles. The summed E-state index contributed by atoms with van der Waals surface area (Å²) in [5, 5.41) is 6.15. The Hall–Kier alpha value is -0.620. The van der Waals surface area contributed by atoms with Crippen molar-refractivity contribution in [2.24, 2.45) is 0 Å². The molecule has 0 aromatic carbocycles. The Morgan fingerprint density at radius 3 is 2.28 bits per heavy atom. The Bertz CT molecular complexity index is 371. The molecule has 0 bridgehead atoms. The molecule has 1 saturated heterocycles. The van der Waals surface area contributed by atoms with E-state index >= 15 is 0 Å². The normalized spacial score (nSPS) is 20.6. The molecule has 18 heavy (non-hydrogen) atoms. The van der Waals surface area contributed by atoms with Gasteiger partial charge in [-0.25, -0.2) is 8.42 Å². The number of carbonyl (C=O) groups is 1. The predicted molar refractivity (Wildman–Crippen MR) is 72.2 cm³/mol. The van der Waals surface area contributed by atoms with Crippen LogP contribution in [0, 0.1) is 0 Å². The van der Waals surface area contributed by atoms with Crippen LogP contribution in [-0.4, -0.2) is 44.0 Å². The first-order chi connectivity index (χ1) is 8.18. The predicted octanol–water partition coefficient (Wildman–Crippen LogP) is 0.458. The van der Waals surface area contributed by atoms with Crippen LogP contribution < -0.4 is 10.6 Å². The molecule has 0 atom stereocenters. The van der Waals surface area contributed by atoms with Gasteiger partial charge in [0.15, 0.2) is 0 Å². The SMILES string of the molecule is CC(C)(C)NC(=O)CCNC1CCS(=O)(=O)CC1. The van der Waals surface area contributed by atoms with Gasteiger partial charge in [0, 0.05) is 24.5 Å². The van der Waals surface area contributed by atoms with Crippen LogP contribution in [0.2, 0.25) is 0 Å². The van der Waals surface area contributed by atoms with Gasteiger partial charge in [0.05, 0.1) is 11.5 Å². The van der Waals surface area contributed by atoms with E-state index in [2.05, 4.69) is 10.6 Å². The van der Waals surface area contributed by atoms with Gasteiger partial charge < -0.3 is 10.6 Å². The van der Waals surface area contributed by atoms with Crippen molar-refractivity contribution in [1.82, 2.24) is 10.6 Å². The zero-order chi connectivity index (χ0) is 13.8. The lowest BCUT2D eigenvalue weighted by Crippen LogP contribution is -2.43. The molecule has 1 amide bonds. The van der Waals surface area contributed by atoms with Gasteiger partial charge in [-0.2, -0.15) is 0 Å². The number of hydrogen-bond donors (Lipinski definition) is 2. The van der Waals surface area contributed by atoms with Crippen LogP contribution in [0.5, 0.6) is 0 Å². The highest BCUT2D eigenvalue weighted by Gasteiger charge is 2.23. The number of hydrogen-bond acceptors (Lipinski definition) is 4. The molecule has 0 unspecified atom stereocenters. The molecule has 0 spiro atoms. The number of amides is 1. The number of carbonyl (C=O) groups excluding carboxylic acids is 1. The highest BCUT2D eigenvalue weighted by molar-refractivity contribution is 7.91. The molecular weight excluding hydrogens is 252 g/mol. The van der Waals surface area contributed by atoms with Crippen LogP contribution in [0.4, 0.5) is 0 Å². The summed E-state index contributed by atoms with van der Waals surface area (Å²) in [4.78, 5) is 11.6. The maximum atomic E-state index is 11.6. The van der Waals surface area contributed by atoms with Crippen LogP contribution in [0.15, 0.2) is 0 Å². The van der Waals surface area contributed by atoms with Gasteiger partial charge in [0.25, 0.3) is 0 Å². The van der Waals surface area contributed by atoms with E-state index < -0.39 is 9.84 Å². The molecule has 1 aliphatic heterocycles. The lowest BCUT2D eigenvalue weighted by atomic mass is 10.1. The maximum absolute atomic E-state index is 11.6. The fourth-order valence-electron chi connectivity index (χ4n) is 1.96. The van der Waals surface area contributed by atoms with Gasteiger partial charge in [-0.05, 0) is 33.6 Å². The smallest absolute Gasteiger partial charge is 0.221 e. The van der Waals surface area contributed by atoms with E-state index in [0.29, 0.717) is 25.8 Å². The zero-order valence-corrected chi connectivity index (χ0v) is 12.3. The molecular formula is C12H24N2O3S. The van der Waals surface area contributed by atoms with E-state index in [9.17, 15) is 13.2 Å². The van der Waals surface area contributed by atoms with E-state index in [1.54, 1.807) is 0 Å². The van der Waals surface area contributed by atoms with Crippen molar-refractivity contribution in [3.63, 3.8) is 0 Å². The van der Waals surface area contributed by atoms with Gasteiger partial charge in [-0.3, -0.25) is 4.79 Å². The van der Waals surface area contributed by atoms with Crippen molar-refractivity contribution in [3.8, 4) is 0 Å². The van der Waals surface area contributed by atoms with Crippen molar-refractivity contribution in [3.05, 3.63) is 0 Å². The molecule has 0 saturated carbocycles. The first-order valence-electron chi connectivity index (χ1n) is 6.43. The van der Waals surface area contributed by atoms with Crippen molar-refractivity contribution < 1.29 is 13.2 Å². The second-order valence-electron chi connectivity index (χ2n) is 5.93. The quantitative estimate of drug-likeness (QED) is 0.782. The number of nitrogens with one attached hydrogen (secondary N) is 2. The van der Waals surface area contributed by atoms with Gasteiger partial charge in [-0.1, -0.05) is 0 Å². The molecule has 2 N–H and O–H groups in total. The summed E-state index contributed by atoms with van der Waals surface area (Å²) in [6.45, 7) is 6.45. The van der Waals surface area contributed by atoms with E-state index in [0.717, 1.165) is 0 Å². The first kappa shape index (κ1) is 15.4. The van der Waals surface area contributed by atoms with Crippen molar-refractivity contribution in [2.45, 2.75) is 51.6 Å². The second kappa shape index (κ2) is 6.02. The standard InChI is InChI=1S/C12H24N2O3S/c1-12(2,3)14-11(15)4-7-13-10-5-8-18(16,17)9-6-10/h10,13H,4-9H2,1-3H3,(H,14,15). The Morgan fingerprint density at radius 1 is 1.22 bits per heavy atom. The average Bonchev–Trinajstić information content (AvgIpc) is 2.18. The van der Waals surface area contributed by atoms with Gasteiger partial charge in [-0.15, -0.1) is 0 Å². The van der Waals surface area contributed by atoms with E-state index in [4.69, 9.17) is 0 Å². The van der Waals surface area contributed by atoms with Crippen LogP contribution in [0.1, 0.15) is 40.0 Å². The van der Waals surface area contributed by atoms with Gasteiger partial charge in [0.1, 0.15) is 9.84 Å². The van der Waals surface area contributed by atoms with Crippen molar-refractivity contribution in [1.29, 1.82) is 0 Å². The lowest BCUT2D eigenvalue weighted by molar-refractivity contribution is -0.122. The molecule has 5 nitrogen and oxygen atoms in total. The Morgan fingerprint density at radius 2 is 1.78 bits per heavy atom. The lowest BCUT2D eigenvalue weighted by Gasteiger charge is -2.24. The molecule has 106 valence electrons. The fourth-order valence-corrected chi connectivity index (χ4v) is 3.46. The van der Waals surface area contributed by atoms with Crippen molar-refractivity contribution >= 4 is 15.7 Å². The van der Waals surface area contributed by atoms with Crippen molar-refractivity contribution in [2.75, 3.05) is 18.1 Å². The molecule has 0 aromatic rings. The molecule has 0 aromatic heterocycles. The molecule has 6 heteroatoms. The Labute approximate surface area is 110 Å². The molecule has 1 aliphatic rings. The number of rotatable bonds is 4. The third-order valence-electron chi connectivity index (χ3n) is 2.85. The summed E-state index contributed by atoms with van der Waals surface area (Å²) < 4.78 is 22.5. The minimum atomic E-state index is -2.80. The van der Waals surface area contributed by atoms with Gasteiger partial charge in [0.2, 0.25) is 5.91 Å². The minimum absolute atomic E-state index is 0.0263. The third kappa shape index (κ3) is 6.35. The Kier molecular flexibility index (Phi) is 5.16. The average molecular weight is 276 g/mol. The molecule has 1 heterocycles. The molecule has 1 rings (SSSR count). The monoisotopic (exact) mass is 276 g/mol. The largest absolute Gasteiger partial charge is 0.351 e. The van der Waals surface area contributed by atoms with Crippen LogP contribution in [0.25, 0.3) is 0 Å². The summed E-state index contributed by atoms with van der Waals surface area (Å²) >= 11 is 0. The van der Waals surface area contributed by atoms with Crippen LogP contribution in [0.3, 0.4) is 0 Å². The van der Waals surface area contributed by atoms with E-state index in [-0.39, 0.29) is 29.0 Å². The highest BCUT2D eigenvalue weighted by atomic mass is 32.2. The summed E-state index contributed by atoms with van der Waals surface area (Å²) in [6, 6.07) is 0.232. The number of sulfone groups is 1. The first-order valence-corrected chi connectivity index (χ1v) is 8.25. The fraction of sp³-hybridized carbons (Fsp3) is 0.917. The zero-order valence-electron chi connectivity index (χ0n) is 11.5. The third-order valence-corrected chi connectivity index (χ3v) is 4.57. The summed E-state index contributed by atoms with van der Waals surface area (Å²) in [6.07, 6.45) is 1.74. The Balaban J connectivity index is 2.17. The van der Waals surface area contributed by atoms with E-state index in [1.807, 2.05) is 20.8 Å². The topological polar surface area (TPSA) is 75.3 Å². The summed E-state index contributed by atoms with van der Waals surface area (Å²) in [5.41, 5.74) is -0.198. The minimum Gasteiger partial charge on any atom is -0.351 e. The highest BCUT2D eigenvalue weighted by Crippen LogP contribution is 2.11. The molecule has 0 radical (unpaired) electrons. The summed E-state index contributed by atoms with van der Waals surface area (Å²) in [7, 11) is -2.80.